The van der Waals surface area contributed by atoms with Gasteiger partial charge in [-0.3, -0.25) is 23.7 Å². The van der Waals surface area contributed by atoms with E-state index in [1.807, 2.05) is 4.98 Å². The number of ether oxygens (including phenoxy) is 2. The van der Waals surface area contributed by atoms with Crippen LogP contribution in [0.2, 0.25) is 0 Å². The van der Waals surface area contributed by atoms with Crippen LogP contribution >= 0.6 is 7.75 Å². The molecule has 0 amide bonds. The van der Waals surface area contributed by atoms with E-state index in [-0.39, 0.29) is 5.75 Å². The van der Waals surface area contributed by atoms with Gasteiger partial charge in [0, 0.05) is 12.3 Å². The molecule has 1 aliphatic rings. The minimum absolute atomic E-state index is 0.176. The van der Waals surface area contributed by atoms with Crippen molar-refractivity contribution in [3.8, 4) is 5.75 Å². The zero-order valence-corrected chi connectivity index (χ0v) is 21.0. The number of aliphatic hydroxyl groups excluding tert-OH is 2. The first-order chi connectivity index (χ1) is 16.9. The van der Waals surface area contributed by atoms with E-state index in [4.69, 9.17) is 18.5 Å². The molecule has 4 N–H and O–H groups in total. The van der Waals surface area contributed by atoms with Crippen LogP contribution in [0.25, 0.3) is 0 Å². The molecule has 0 bridgehead atoms. The quantitative estimate of drug-likeness (QED) is 0.252. The molecule has 1 fully saturated rings. The number of nitrogens with zero attached hydrogens (tertiary/aromatic N) is 1. The summed E-state index contributed by atoms with van der Waals surface area (Å²) >= 11 is 0. The van der Waals surface area contributed by atoms with E-state index >= 15 is 0 Å². The van der Waals surface area contributed by atoms with Gasteiger partial charge < -0.3 is 24.2 Å². The van der Waals surface area contributed by atoms with Crippen molar-refractivity contribution >= 4 is 13.7 Å². The second-order valence-corrected chi connectivity index (χ2v) is 10.2. The highest BCUT2D eigenvalue weighted by molar-refractivity contribution is 7.52. The van der Waals surface area contributed by atoms with Crippen molar-refractivity contribution in [3.63, 3.8) is 0 Å². The molecule has 1 aliphatic heterocycles. The van der Waals surface area contributed by atoms with Crippen LogP contribution in [0.1, 0.15) is 33.9 Å². The maximum absolute atomic E-state index is 13.7. The van der Waals surface area contributed by atoms with Crippen molar-refractivity contribution in [2.45, 2.75) is 70.5 Å². The van der Waals surface area contributed by atoms with Crippen LogP contribution in [0.15, 0.2) is 52.2 Å². The summed E-state index contributed by atoms with van der Waals surface area (Å²) in [7, 11) is -4.30. The number of hydrogen-bond acceptors (Lipinski definition) is 10. The smallest absolute Gasteiger partial charge is 0.459 e. The van der Waals surface area contributed by atoms with E-state index in [1.54, 1.807) is 32.0 Å². The fourth-order valence-electron chi connectivity index (χ4n) is 3.53. The summed E-state index contributed by atoms with van der Waals surface area (Å²) in [4.78, 5) is 37.8. The molecule has 7 atom stereocenters. The van der Waals surface area contributed by atoms with Crippen LogP contribution in [0.3, 0.4) is 0 Å². The Balaban J connectivity index is 1.82. The van der Waals surface area contributed by atoms with Gasteiger partial charge in [-0.25, -0.2) is 9.36 Å². The number of esters is 1. The summed E-state index contributed by atoms with van der Waals surface area (Å²) < 4.78 is 36.7. The van der Waals surface area contributed by atoms with Gasteiger partial charge in [-0.15, -0.1) is 0 Å². The van der Waals surface area contributed by atoms with E-state index in [1.165, 1.54) is 26.0 Å². The number of nitrogens with one attached hydrogen (secondary N) is 2. The van der Waals surface area contributed by atoms with Gasteiger partial charge in [0.2, 0.25) is 0 Å². The lowest BCUT2D eigenvalue weighted by atomic mass is 10.1. The van der Waals surface area contributed by atoms with Crippen molar-refractivity contribution in [1.29, 1.82) is 0 Å². The van der Waals surface area contributed by atoms with E-state index in [2.05, 4.69) is 5.09 Å². The molecule has 2 heterocycles. The average Bonchev–Trinajstić information content (AvgIpc) is 3.08. The SMILES string of the molecule is CC(C)OC(=O)C(C)NP(=O)(Oc1ccccc1)OC(C)C1OC(n2ccc(=O)[nH]c2=O)C(O)C1O. The number of aromatic amines is 1. The lowest BCUT2D eigenvalue weighted by molar-refractivity contribution is -0.149. The second-order valence-electron chi connectivity index (χ2n) is 8.54. The fraction of sp³-hybridized carbons (Fsp3) is 0.500. The van der Waals surface area contributed by atoms with Crippen molar-refractivity contribution in [3.05, 3.63) is 63.4 Å². The van der Waals surface area contributed by atoms with Crippen molar-refractivity contribution in [1.82, 2.24) is 14.6 Å². The Morgan fingerprint density at radius 3 is 2.39 bits per heavy atom. The molecular weight excluding hydrogens is 497 g/mol. The maximum Gasteiger partial charge on any atom is 0.459 e. The summed E-state index contributed by atoms with van der Waals surface area (Å²) in [6.45, 7) is 6.16. The van der Waals surface area contributed by atoms with Crippen molar-refractivity contribution in [2.24, 2.45) is 0 Å². The molecule has 1 aromatic carbocycles. The third-order valence-corrected chi connectivity index (χ3v) is 6.96. The zero-order valence-electron chi connectivity index (χ0n) is 20.1. The van der Waals surface area contributed by atoms with Gasteiger partial charge in [0.05, 0.1) is 12.2 Å². The predicted octanol–water partition coefficient (Wildman–Crippen LogP) is 0.678. The first-order valence-corrected chi connectivity index (χ1v) is 12.8. The molecule has 0 aliphatic carbocycles. The molecule has 14 heteroatoms. The second kappa shape index (κ2) is 11.5. The van der Waals surface area contributed by atoms with E-state index < -0.39 is 67.8 Å². The topological polar surface area (TPSA) is 178 Å². The van der Waals surface area contributed by atoms with Crippen LogP contribution in [0, 0.1) is 0 Å². The molecule has 0 radical (unpaired) electrons. The summed E-state index contributed by atoms with van der Waals surface area (Å²) in [6.07, 6.45) is -6.23. The lowest BCUT2D eigenvalue weighted by Gasteiger charge is -2.28. The number of rotatable bonds is 10. The third-order valence-electron chi connectivity index (χ3n) is 5.19. The first-order valence-electron chi connectivity index (χ1n) is 11.2. The highest BCUT2D eigenvalue weighted by Crippen LogP contribution is 2.47. The fourth-order valence-corrected chi connectivity index (χ4v) is 5.23. The molecule has 7 unspecified atom stereocenters. The van der Waals surface area contributed by atoms with Gasteiger partial charge in [-0.1, -0.05) is 18.2 Å². The summed E-state index contributed by atoms with van der Waals surface area (Å²) in [5.41, 5.74) is -1.50. The number of H-pyrrole nitrogens is 1. The Morgan fingerprint density at radius 2 is 1.78 bits per heavy atom. The number of carbonyl (C=O) groups excluding carboxylic acids is 1. The largest absolute Gasteiger partial charge is 0.462 e. The van der Waals surface area contributed by atoms with Crippen LogP contribution in [0.4, 0.5) is 0 Å². The van der Waals surface area contributed by atoms with Crippen LogP contribution in [0.5, 0.6) is 5.75 Å². The minimum Gasteiger partial charge on any atom is -0.462 e. The van der Waals surface area contributed by atoms with E-state index in [9.17, 15) is 29.2 Å². The van der Waals surface area contributed by atoms with E-state index in [0.29, 0.717) is 0 Å². The van der Waals surface area contributed by atoms with Crippen LogP contribution in [-0.2, 0) is 23.4 Å². The Labute approximate surface area is 206 Å². The third kappa shape index (κ3) is 6.69. The molecule has 3 rings (SSSR count). The van der Waals surface area contributed by atoms with Gasteiger partial charge in [-0.05, 0) is 39.8 Å². The highest BCUT2D eigenvalue weighted by Gasteiger charge is 2.49. The number of hydrogen-bond donors (Lipinski definition) is 4. The molecule has 198 valence electrons. The van der Waals surface area contributed by atoms with Crippen molar-refractivity contribution in [2.75, 3.05) is 0 Å². The zero-order chi connectivity index (χ0) is 26.6. The summed E-state index contributed by atoms with van der Waals surface area (Å²) in [6, 6.07) is 8.03. The molecule has 1 aromatic heterocycles. The molecule has 0 spiro atoms. The molecule has 0 saturated carbocycles. The number of aliphatic hydroxyl groups is 2. The van der Waals surface area contributed by atoms with Crippen molar-refractivity contribution < 1.29 is 38.1 Å². The Kier molecular flexibility index (Phi) is 8.88. The van der Waals surface area contributed by atoms with Gasteiger partial charge >= 0.3 is 19.4 Å². The lowest BCUT2D eigenvalue weighted by Crippen LogP contribution is -2.41. The number of benzene rings is 1. The van der Waals surface area contributed by atoms with Gasteiger partial charge in [0.1, 0.15) is 30.1 Å². The maximum atomic E-state index is 13.7. The Morgan fingerprint density at radius 1 is 1.11 bits per heavy atom. The van der Waals surface area contributed by atoms with E-state index in [0.717, 1.165) is 16.8 Å². The molecule has 13 nitrogen and oxygen atoms in total. The van der Waals surface area contributed by atoms with Crippen LogP contribution < -0.4 is 20.9 Å². The first kappa shape index (κ1) is 27.8. The number of carbonyl (C=O) groups is 1. The average molecular weight is 527 g/mol. The Bertz CT molecular complexity index is 1200. The highest BCUT2D eigenvalue weighted by atomic mass is 31.2. The normalized spacial score (nSPS) is 25.2. The Hall–Kier alpha value is -2.80. The number of para-hydroxylation sites is 1. The molecular formula is C22H30N3O10P. The standard InChI is InChI=1S/C22H30N3O10P/c1-12(2)32-21(29)13(3)24-36(31,35-15-8-6-5-7-9-15)34-14(4)19-17(27)18(28)20(33-19)25-11-10-16(26)23-22(25)30/h5-14,17-20,27-28H,1-4H3,(H,24,31)(H,23,26,30). The van der Waals surface area contributed by atoms with Gasteiger partial charge in [0.15, 0.2) is 6.23 Å². The minimum atomic E-state index is -4.30. The summed E-state index contributed by atoms with van der Waals surface area (Å²) in [5, 5.41) is 23.6. The monoisotopic (exact) mass is 527 g/mol. The molecule has 2 aromatic rings. The molecule has 1 saturated heterocycles. The predicted molar refractivity (Wildman–Crippen MR) is 126 cm³/mol. The molecule has 36 heavy (non-hydrogen) atoms. The number of aromatic nitrogens is 2. The van der Waals surface area contributed by atoms with Gasteiger partial charge in [0.25, 0.3) is 5.56 Å². The summed E-state index contributed by atoms with van der Waals surface area (Å²) in [5.74, 6) is -0.515. The van der Waals surface area contributed by atoms with Crippen LogP contribution in [-0.4, -0.2) is 62.3 Å². The van der Waals surface area contributed by atoms with Gasteiger partial charge in [-0.2, -0.15) is 5.09 Å².